The maximum Gasteiger partial charge on any atom is 0.114 e. The average Bonchev–Trinajstić information content (AvgIpc) is 2.64. The van der Waals surface area contributed by atoms with Gasteiger partial charge in [0.25, 0.3) is 0 Å². The summed E-state index contributed by atoms with van der Waals surface area (Å²) in [7, 11) is 0. The van der Waals surface area contributed by atoms with Crippen LogP contribution in [0.4, 0.5) is 0 Å². The topological polar surface area (TPSA) is 36.9 Å². The van der Waals surface area contributed by atoms with Crippen molar-refractivity contribution in [3.8, 4) is 6.07 Å². The van der Waals surface area contributed by atoms with Crippen LogP contribution in [-0.2, 0) is 0 Å². The summed E-state index contributed by atoms with van der Waals surface area (Å²) >= 11 is 1.84. The SMILES string of the molecule is Cc1occc1SCCCCC(C)(C)C#N. The van der Waals surface area contributed by atoms with Crippen molar-refractivity contribution in [1.82, 2.24) is 0 Å². The molecule has 0 aliphatic heterocycles. The summed E-state index contributed by atoms with van der Waals surface area (Å²) in [4.78, 5) is 1.24. The van der Waals surface area contributed by atoms with Crippen LogP contribution >= 0.6 is 11.8 Å². The van der Waals surface area contributed by atoms with E-state index in [2.05, 4.69) is 6.07 Å². The molecule has 1 heterocycles. The van der Waals surface area contributed by atoms with Gasteiger partial charge in [0.15, 0.2) is 0 Å². The van der Waals surface area contributed by atoms with Crippen LogP contribution in [0.25, 0.3) is 0 Å². The van der Waals surface area contributed by atoms with E-state index in [1.807, 2.05) is 38.6 Å². The van der Waals surface area contributed by atoms with Crippen LogP contribution in [0.2, 0.25) is 0 Å². The van der Waals surface area contributed by atoms with Gasteiger partial charge in [-0.2, -0.15) is 5.26 Å². The van der Waals surface area contributed by atoms with Crippen LogP contribution in [0.15, 0.2) is 21.6 Å². The monoisotopic (exact) mass is 237 g/mol. The second-order valence-electron chi connectivity index (χ2n) is 4.64. The van der Waals surface area contributed by atoms with E-state index >= 15 is 0 Å². The number of hydrogen-bond acceptors (Lipinski definition) is 3. The van der Waals surface area contributed by atoms with Crippen molar-refractivity contribution in [3.63, 3.8) is 0 Å². The highest BCUT2D eigenvalue weighted by atomic mass is 32.2. The normalized spacial score (nSPS) is 11.4. The van der Waals surface area contributed by atoms with Crippen LogP contribution in [0, 0.1) is 23.7 Å². The lowest BCUT2D eigenvalue weighted by Gasteiger charge is -2.13. The lowest BCUT2D eigenvalue weighted by atomic mass is 9.89. The molecule has 0 saturated carbocycles. The number of nitriles is 1. The van der Waals surface area contributed by atoms with E-state index in [4.69, 9.17) is 9.68 Å². The molecule has 2 nitrogen and oxygen atoms in total. The van der Waals surface area contributed by atoms with Crippen molar-refractivity contribution in [1.29, 1.82) is 5.26 Å². The number of aryl methyl sites for hydroxylation is 1. The third kappa shape index (κ3) is 4.32. The molecule has 16 heavy (non-hydrogen) atoms. The molecule has 0 atom stereocenters. The molecule has 0 N–H and O–H groups in total. The number of nitrogens with zero attached hydrogens (tertiary/aromatic N) is 1. The Bertz CT molecular complexity index is 362. The van der Waals surface area contributed by atoms with Gasteiger partial charge in [0.2, 0.25) is 0 Å². The molecule has 3 heteroatoms. The molecule has 0 unspecified atom stereocenters. The molecule has 0 saturated heterocycles. The predicted molar refractivity (Wildman–Crippen MR) is 67.4 cm³/mol. The molecule has 1 aromatic heterocycles. The molecule has 88 valence electrons. The van der Waals surface area contributed by atoms with Gasteiger partial charge < -0.3 is 4.42 Å². The van der Waals surface area contributed by atoms with Crippen LogP contribution in [0.1, 0.15) is 38.9 Å². The van der Waals surface area contributed by atoms with Crippen molar-refractivity contribution < 1.29 is 4.42 Å². The number of rotatable bonds is 6. The van der Waals surface area contributed by atoms with Crippen LogP contribution in [0.3, 0.4) is 0 Å². The molecule has 0 fully saturated rings. The number of furan rings is 1. The third-order valence-corrected chi connectivity index (χ3v) is 3.79. The maximum atomic E-state index is 8.87. The van der Waals surface area contributed by atoms with E-state index in [0.717, 1.165) is 30.8 Å². The van der Waals surface area contributed by atoms with Crippen molar-refractivity contribution in [2.24, 2.45) is 5.41 Å². The minimum Gasteiger partial charge on any atom is -0.468 e. The Kier molecular flexibility index (Phi) is 4.95. The lowest BCUT2D eigenvalue weighted by Crippen LogP contribution is -2.07. The molecular weight excluding hydrogens is 218 g/mol. The third-order valence-electron chi connectivity index (χ3n) is 2.57. The Morgan fingerprint density at radius 2 is 2.19 bits per heavy atom. The molecule has 1 rings (SSSR count). The van der Waals surface area contributed by atoms with Crippen LogP contribution < -0.4 is 0 Å². The van der Waals surface area contributed by atoms with Gasteiger partial charge in [0, 0.05) is 4.90 Å². The molecule has 0 aromatic carbocycles. The Hall–Kier alpha value is -0.880. The van der Waals surface area contributed by atoms with Crippen molar-refractivity contribution in [2.75, 3.05) is 5.75 Å². The molecule has 0 spiro atoms. The second kappa shape index (κ2) is 6.00. The summed E-state index contributed by atoms with van der Waals surface area (Å²) in [5, 5.41) is 8.87. The molecule has 0 bridgehead atoms. The van der Waals surface area contributed by atoms with Gasteiger partial charge in [-0.3, -0.25) is 0 Å². The van der Waals surface area contributed by atoms with Gasteiger partial charge in [-0.25, -0.2) is 0 Å². The van der Waals surface area contributed by atoms with Crippen LogP contribution in [0.5, 0.6) is 0 Å². The fraction of sp³-hybridized carbons (Fsp3) is 0.615. The first-order valence-corrected chi connectivity index (χ1v) is 6.62. The molecule has 1 aromatic rings. The van der Waals surface area contributed by atoms with Gasteiger partial charge in [-0.05, 0) is 45.4 Å². The summed E-state index contributed by atoms with van der Waals surface area (Å²) in [6.45, 7) is 5.99. The highest BCUT2D eigenvalue weighted by Crippen LogP contribution is 2.26. The quantitative estimate of drug-likeness (QED) is 0.543. The van der Waals surface area contributed by atoms with Gasteiger partial charge in [-0.15, -0.1) is 11.8 Å². The largest absolute Gasteiger partial charge is 0.468 e. The van der Waals surface area contributed by atoms with Crippen LogP contribution in [-0.4, -0.2) is 5.75 Å². The number of hydrogen-bond donors (Lipinski definition) is 0. The fourth-order valence-corrected chi connectivity index (χ4v) is 2.40. The predicted octanol–water partition coefficient (Wildman–Crippen LogP) is 4.40. The summed E-state index contributed by atoms with van der Waals surface area (Å²) in [6, 6.07) is 4.35. The van der Waals surface area contributed by atoms with Gasteiger partial charge >= 0.3 is 0 Å². The highest BCUT2D eigenvalue weighted by molar-refractivity contribution is 7.99. The fourth-order valence-electron chi connectivity index (χ4n) is 1.43. The first-order valence-electron chi connectivity index (χ1n) is 5.63. The first kappa shape index (κ1) is 13.2. The highest BCUT2D eigenvalue weighted by Gasteiger charge is 2.15. The Morgan fingerprint density at radius 3 is 2.75 bits per heavy atom. The minimum absolute atomic E-state index is 0.170. The Balaban J connectivity index is 2.14. The summed E-state index contributed by atoms with van der Waals surface area (Å²) in [6.07, 6.45) is 4.98. The minimum atomic E-state index is -0.170. The number of thioether (sulfide) groups is 1. The van der Waals surface area contributed by atoms with E-state index in [-0.39, 0.29) is 5.41 Å². The average molecular weight is 237 g/mol. The van der Waals surface area contributed by atoms with Crippen molar-refractivity contribution in [2.45, 2.75) is 44.9 Å². The number of unbranched alkanes of at least 4 members (excludes halogenated alkanes) is 1. The van der Waals surface area contributed by atoms with E-state index in [1.54, 1.807) is 6.26 Å². The Morgan fingerprint density at radius 1 is 1.44 bits per heavy atom. The molecule has 0 aliphatic rings. The summed E-state index contributed by atoms with van der Waals surface area (Å²) in [5.74, 6) is 2.10. The Labute approximate surface area is 102 Å². The zero-order valence-electron chi connectivity index (χ0n) is 10.2. The van der Waals surface area contributed by atoms with E-state index in [1.165, 1.54) is 4.90 Å². The molecular formula is C13H19NOS. The van der Waals surface area contributed by atoms with Crippen molar-refractivity contribution >= 4 is 11.8 Å². The first-order chi connectivity index (χ1) is 7.55. The molecule has 0 radical (unpaired) electrons. The van der Waals surface area contributed by atoms with E-state index in [9.17, 15) is 0 Å². The van der Waals surface area contributed by atoms with Crippen molar-refractivity contribution in [3.05, 3.63) is 18.1 Å². The second-order valence-corrected chi connectivity index (χ2v) is 5.78. The van der Waals surface area contributed by atoms with E-state index in [0.29, 0.717) is 0 Å². The standard InChI is InChI=1S/C13H19NOS/c1-11-12(6-8-15-11)16-9-5-4-7-13(2,3)10-14/h6,8H,4-5,7,9H2,1-3H3. The summed E-state index contributed by atoms with van der Waals surface area (Å²) < 4.78 is 5.23. The zero-order chi connectivity index (χ0) is 12.0. The molecule has 0 amide bonds. The zero-order valence-corrected chi connectivity index (χ0v) is 11.1. The maximum absolute atomic E-state index is 8.87. The van der Waals surface area contributed by atoms with Gasteiger partial charge in [-0.1, -0.05) is 6.42 Å². The van der Waals surface area contributed by atoms with Gasteiger partial charge in [0.1, 0.15) is 5.76 Å². The molecule has 0 aliphatic carbocycles. The summed E-state index contributed by atoms with van der Waals surface area (Å²) in [5.41, 5.74) is -0.170. The van der Waals surface area contributed by atoms with Gasteiger partial charge in [0.05, 0.1) is 17.7 Å². The van der Waals surface area contributed by atoms with E-state index < -0.39 is 0 Å². The smallest absolute Gasteiger partial charge is 0.114 e. The lowest BCUT2D eigenvalue weighted by molar-refractivity contribution is 0.433.